The topological polar surface area (TPSA) is 82.1 Å². The smallest absolute Gasteiger partial charge is 0.326 e. The van der Waals surface area contributed by atoms with Crippen molar-refractivity contribution in [2.75, 3.05) is 30.6 Å². The SMILES string of the molecule is O=C(CN1C(=O)CSc2ccccc21)OCC(=O)c1ccc2c(c1)OCO2. The van der Waals surface area contributed by atoms with Crippen molar-refractivity contribution in [3.8, 4) is 11.5 Å². The molecule has 0 N–H and O–H groups in total. The zero-order chi connectivity index (χ0) is 18.8. The van der Waals surface area contributed by atoms with Crippen LogP contribution in [0, 0.1) is 0 Å². The summed E-state index contributed by atoms with van der Waals surface area (Å²) in [5.41, 5.74) is 1.04. The molecule has 0 fully saturated rings. The fraction of sp³-hybridized carbons (Fsp3) is 0.211. The second-order valence-corrected chi connectivity index (χ2v) is 6.91. The molecule has 2 aromatic rings. The zero-order valence-corrected chi connectivity index (χ0v) is 15.0. The van der Waals surface area contributed by atoms with E-state index in [0.29, 0.717) is 22.7 Å². The number of nitrogens with zero attached hydrogens (tertiary/aromatic N) is 1. The molecule has 0 saturated heterocycles. The Balaban J connectivity index is 1.37. The minimum Gasteiger partial charge on any atom is -0.456 e. The molecule has 2 heterocycles. The summed E-state index contributed by atoms with van der Waals surface area (Å²) in [5, 5.41) is 0. The number of carbonyl (C=O) groups excluding carboxylic acids is 3. The van der Waals surface area contributed by atoms with E-state index in [0.717, 1.165) is 4.90 Å². The average molecular weight is 385 g/mol. The lowest BCUT2D eigenvalue weighted by molar-refractivity contribution is -0.141. The molecule has 0 atom stereocenters. The number of thioether (sulfide) groups is 1. The van der Waals surface area contributed by atoms with Gasteiger partial charge in [-0.15, -0.1) is 11.8 Å². The minimum atomic E-state index is -0.640. The van der Waals surface area contributed by atoms with E-state index < -0.39 is 12.6 Å². The number of ketones is 1. The van der Waals surface area contributed by atoms with E-state index in [2.05, 4.69) is 0 Å². The third kappa shape index (κ3) is 3.61. The van der Waals surface area contributed by atoms with Crippen LogP contribution in [0.2, 0.25) is 0 Å². The highest BCUT2D eigenvalue weighted by atomic mass is 32.2. The number of Topliss-reactive ketones (excluding diaryl/α,β-unsaturated/α-hetero) is 1. The standard InChI is InChI=1S/C19H15NO6S/c21-14(12-5-6-15-16(7-12)26-11-25-15)9-24-19(23)8-20-13-3-1-2-4-17(13)27-10-18(20)22/h1-7H,8-11H2. The van der Waals surface area contributed by atoms with Crippen molar-refractivity contribution < 1.29 is 28.6 Å². The summed E-state index contributed by atoms with van der Waals surface area (Å²) in [6.45, 7) is -0.521. The second kappa shape index (κ2) is 7.32. The molecular weight excluding hydrogens is 370 g/mol. The van der Waals surface area contributed by atoms with Crippen molar-refractivity contribution in [1.29, 1.82) is 0 Å². The first-order chi connectivity index (χ1) is 13.1. The molecule has 4 rings (SSSR count). The number of rotatable bonds is 5. The average Bonchev–Trinajstić information content (AvgIpc) is 3.16. The molecule has 27 heavy (non-hydrogen) atoms. The Morgan fingerprint density at radius 2 is 1.93 bits per heavy atom. The summed E-state index contributed by atoms with van der Waals surface area (Å²) < 4.78 is 15.5. The number of hydrogen-bond donors (Lipinski definition) is 0. The Morgan fingerprint density at radius 3 is 2.81 bits per heavy atom. The van der Waals surface area contributed by atoms with Crippen LogP contribution in [0.15, 0.2) is 47.4 Å². The van der Waals surface area contributed by atoms with Crippen LogP contribution in [0.25, 0.3) is 0 Å². The molecule has 0 radical (unpaired) electrons. The lowest BCUT2D eigenvalue weighted by atomic mass is 10.1. The van der Waals surface area contributed by atoms with Crippen LogP contribution < -0.4 is 14.4 Å². The quantitative estimate of drug-likeness (QED) is 0.577. The number of hydrogen-bond acceptors (Lipinski definition) is 7. The van der Waals surface area contributed by atoms with Crippen molar-refractivity contribution in [2.45, 2.75) is 4.90 Å². The van der Waals surface area contributed by atoms with E-state index in [1.54, 1.807) is 30.3 Å². The number of anilines is 1. The molecule has 1 amide bonds. The normalized spacial score (nSPS) is 14.7. The van der Waals surface area contributed by atoms with Gasteiger partial charge in [-0.2, -0.15) is 0 Å². The van der Waals surface area contributed by atoms with E-state index in [-0.39, 0.29) is 30.8 Å². The van der Waals surface area contributed by atoms with Crippen molar-refractivity contribution in [1.82, 2.24) is 0 Å². The lowest BCUT2D eigenvalue weighted by Gasteiger charge is -2.27. The number of esters is 1. The molecule has 2 aliphatic heterocycles. The van der Waals surface area contributed by atoms with Gasteiger partial charge in [0.05, 0.1) is 11.4 Å². The summed E-state index contributed by atoms with van der Waals surface area (Å²) in [5.74, 6) is 0.156. The van der Waals surface area contributed by atoms with Crippen LogP contribution in [-0.4, -0.2) is 43.4 Å². The van der Waals surface area contributed by atoms with Gasteiger partial charge in [-0.1, -0.05) is 12.1 Å². The molecule has 7 nitrogen and oxygen atoms in total. The summed E-state index contributed by atoms with van der Waals surface area (Å²) in [4.78, 5) is 38.9. The first-order valence-corrected chi connectivity index (χ1v) is 9.21. The largest absolute Gasteiger partial charge is 0.456 e. The van der Waals surface area contributed by atoms with Gasteiger partial charge in [0, 0.05) is 10.5 Å². The summed E-state index contributed by atoms with van der Waals surface area (Å²) in [6.07, 6.45) is 0. The number of amides is 1. The molecule has 0 unspecified atom stereocenters. The van der Waals surface area contributed by atoms with E-state index in [1.165, 1.54) is 16.7 Å². The lowest BCUT2D eigenvalue weighted by Crippen LogP contribution is -2.40. The Kier molecular flexibility index (Phi) is 4.72. The van der Waals surface area contributed by atoms with Crippen molar-refractivity contribution in [3.05, 3.63) is 48.0 Å². The van der Waals surface area contributed by atoms with E-state index in [1.807, 2.05) is 12.1 Å². The first kappa shape index (κ1) is 17.4. The fourth-order valence-electron chi connectivity index (χ4n) is 2.80. The predicted octanol–water partition coefficient (Wildman–Crippen LogP) is 2.28. The van der Waals surface area contributed by atoms with Crippen molar-refractivity contribution in [3.63, 3.8) is 0 Å². The van der Waals surface area contributed by atoms with Gasteiger partial charge in [0.1, 0.15) is 6.54 Å². The van der Waals surface area contributed by atoms with Crippen LogP contribution in [0.4, 0.5) is 5.69 Å². The van der Waals surface area contributed by atoms with Gasteiger partial charge in [-0.3, -0.25) is 19.3 Å². The summed E-state index contributed by atoms with van der Waals surface area (Å²) in [7, 11) is 0. The van der Waals surface area contributed by atoms with Crippen LogP contribution in [0.1, 0.15) is 10.4 Å². The second-order valence-electron chi connectivity index (χ2n) is 5.89. The molecule has 0 bridgehead atoms. The highest BCUT2D eigenvalue weighted by Crippen LogP contribution is 2.35. The van der Waals surface area contributed by atoms with Gasteiger partial charge in [0.25, 0.3) is 0 Å². The summed E-state index contributed by atoms with van der Waals surface area (Å²) >= 11 is 1.43. The third-order valence-corrected chi connectivity index (χ3v) is 5.20. The summed E-state index contributed by atoms with van der Waals surface area (Å²) in [6, 6.07) is 12.1. The molecule has 0 saturated carbocycles. The van der Waals surface area contributed by atoms with Gasteiger partial charge in [-0.25, -0.2) is 0 Å². The number of benzene rings is 2. The Hall–Kier alpha value is -3.00. The highest BCUT2D eigenvalue weighted by Gasteiger charge is 2.27. The van der Waals surface area contributed by atoms with Crippen LogP contribution in [0.5, 0.6) is 11.5 Å². The molecule has 2 aliphatic rings. The molecule has 138 valence electrons. The van der Waals surface area contributed by atoms with Gasteiger partial charge >= 0.3 is 5.97 Å². The Morgan fingerprint density at radius 1 is 1.11 bits per heavy atom. The molecule has 0 aliphatic carbocycles. The van der Waals surface area contributed by atoms with Crippen LogP contribution in [-0.2, 0) is 14.3 Å². The molecule has 0 spiro atoms. The monoisotopic (exact) mass is 385 g/mol. The maximum atomic E-state index is 12.2. The fourth-order valence-corrected chi connectivity index (χ4v) is 3.74. The van der Waals surface area contributed by atoms with Gasteiger partial charge < -0.3 is 14.2 Å². The highest BCUT2D eigenvalue weighted by molar-refractivity contribution is 8.00. The maximum Gasteiger partial charge on any atom is 0.326 e. The first-order valence-electron chi connectivity index (χ1n) is 8.22. The van der Waals surface area contributed by atoms with E-state index >= 15 is 0 Å². The molecule has 2 aromatic carbocycles. The van der Waals surface area contributed by atoms with Crippen LogP contribution in [0.3, 0.4) is 0 Å². The van der Waals surface area contributed by atoms with Gasteiger partial charge in [-0.05, 0) is 30.3 Å². The molecule has 0 aromatic heterocycles. The molecule has 8 heteroatoms. The number of fused-ring (bicyclic) bond motifs is 2. The van der Waals surface area contributed by atoms with Crippen molar-refractivity contribution >= 4 is 35.1 Å². The van der Waals surface area contributed by atoms with E-state index in [9.17, 15) is 14.4 Å². The third-order valence-electron chi connectivity index (χ3n) is 4.15. The zero-order valence-electron chi connectivity index (χ0n) is 14.2. The Bertz CT molecular complexity index is 928. The Labute approximate surface area is 159 Å². The van der Waals surface area contributed by atoms with E-state index in [4.69, 9.17) is 14.2 Å². The number of para-hydroxylation sites is 1. The minimum absolute atomic E-state index is 0.117. The number of ether oxygens (including phenoxy) is 3. The number of carbonyl (C=O) groups is 3. The van der Waals surface area contributed by atoms with Crippen LogP contribution >= 0.6 is 11.8 Å². The maximum absolute atomic E-state index is 12.2. The predicted molar refractivity (Wildman–Crippen MR) is 97.4 cm³/mol. The van der Waals surface area contributed by atoms with Gasteiger partial charge in [0.15, 0.2) is 23.9 Å². The molecular formula is C19H15NO6S. The van der Waals surface area contributed by atoms with Gasteiger partial charge in [0.2, 0.25) is 12.7 Å². The van der Waals surface area contributed by atoms with Crippen molar-refractivity contribution in [2.24, 2.45) is 0 Å².